The molecule has 192 valence electrons. The fraction of sp³-hybridized carbons (Fsp3) is 0.615. The Morgan fingerprint density at radius 3 is 2.46 bits per heavy atom. The van der Waals surface area contributed by atoms with Crippen LogP contribution in [0.15, 0.2) is 24.3 Å². The van der Waals surface area contributed by atoms with Crippen LogP contribution < -0.4 is 4.72 Å². The molecule has 1 aliphatic carbocycles. The normalized spacial score (nSPS) is 19.3. The smallest absolute Gasteiger partial charge is 0.232 e. The van der Waals surface area contributed by atoms with E-state index in [9.17, 15) is 8.42 Å². The molecule has 1 fully saturated rings. The molecule has 2 heterocycles. The van der Waals surface area contributed by atoms with Crippen molar-refractivity contribution in [1.29, 1.82) is 0 Å². The molecule has 1 aromatic carbocycles. The van der Waals surface area contributed by atoms with Crippen LogP contribution in [0.5, 0.6) is 0 Å². The molecule has 3 aromatic rings. The summed E-state index contributed by atoms with van der Waals surface area (Å²) in [5.74, 6) is 1.92. The quantitative estimate of drug-likeness (QED) is 0.308. The summed E-state index contributed by atoms with van der Waals surface area (Å²) in [6.07, 6.45) is 8.29. The summed E-state index contributed by atoms with van der Waals surface area (Å²) in [4.78, 5) is 4.67. The topological polar surface area (TPSA) is 92.2 Å². The number of hydrogen-bond acceptors (Lipinski definition) is 4. The molecule has 35 heavy (non-hydrogen) atoms. The van der Waals surface area contributed by atoms with Crippen LogP contribution in [0.25, 0.3) is 17.0 Å². The van der Waals surface area contributed by atoms with E-state index in [1.165, 1.54) is 12.8 Å². The van der Waals surface area contributed by atoms with Gasteiger partial charge in [-0.1, -0.05) is 77.1 Å². The molecule has 0 radical (unpaired) electrons. The van der Waals surface area contributed by atoms with Crippen molar-refractivity contribution in [1.82, 2.24) is 19.8 Å². The molecule has 1 saturated carbocycles. The average Bonchev–Trinajstić information content (AvgIpc) is 3.40. The lowest BCUT2D eigenvalue weighted by Gasteiger charge is -2.29. The van der Waals surface area contributed by atoms with Gasteiger partial charge in [-0.3, -0.25) is 9.82 Å². The Bertz CT molecular complexity index is 1250. The van der Waals surface area contributed by atoms with Gasteiger partial charge in [-0.05, 0) is 49.7 Å². The molecule has 0 atom stereocenters. The standard InChI is InChI=1S/C26H38ClN5O2S/c1-5-26(6-2,7-3)23-22(27)25-28-24(30-32(25)29-23)20-9-8-10-21(17-20)31-35(33,34)16-15-19-13-11-18(4)12-14-19/h8-10,17-19,29,31H,5-7,11-16H2,1-4H3. The van der Waals surface area contributed by atoms with Crippen molar-refractivity contribution < 1.29 is 8.42 Å². The number of aromatic nitrogens is 4. The van der Waals surface area contributed by atoms with Gasteiger partial charge in [0.15, 0.2) is 11.5 Å². The lowest BCUT2D eigenvalue weighted by molar-refractivity contribution is 0.285. The third kappa shape index (κ3) is 5.53. The van der Waals surface area contributed by atoms with Crippen LogP contribution >= 0.6 is 11.6 Å². The molecule has 4 rings (SSSR count). The lowest BCUT2D eigenvalue weighted by atomic mass is 9.77. The maximum atomic E-state index is 12.7. The molecule has 1 aliphatic rings. The lowest BCUT2D eigenvalue weighted by Crippen LogP contribution is -2.24. The molecule has 9 heteroatoms. The van der Waals surface area contributed by atoms with Gasteiger partial charge in [-0.15, -0.1) is 5.10 Å². The van der Waals surface area contributed by atoms with E-state index in [0.717, 1.165) is 49.3 Å². The molecule has 7 nitrogen and oxygen atoms in total. The van der Waals surface area contributed by atoms with Crippen LogP contribution in [0.4, 0.5) is 5.69 Å². The number of nitrogens with one attached hydrogen (secondary N) is 2. The molecule has 0 unspecified atom stereocenters. The number of nitrogens with zero attached hydrogens (tertiary/aromatic N) is 3. The van der Waals surface area contributed by atoms with Gasteiger partial charge >= 0.3 is 0 Å². The summed E-state index contributed by atoms with van der Waals surface area (Å²) in [5, 5.41) is 8.56. The van der Waals surface area contributed by atoms with Crippen molar-refractivity contribution >= 4 is 33.0 Å². The Kier molecular flexibility index (Phi) is 7.81. The first kappa shape index (κ1) is 26.0. The van der Waals surface area contributed by atoms with Crippen LogP contribution in [-0.2, 0) is 15.4 Å². The highest BCUT2D eigenvalue weighted by Crippen LogP contribution is 2.39. The molecule has 2 N–H and O–H groups in total. The predicted molar refractivity (Wildman–Crippen MR) is 143 cm³/mol. The highest BCUT2D eigenvalue weighted by molar-refractivity contribution is 7.92. The summed E-state index contributed by atoms with van der Waals surface area (Å²) in [7, 11) is -3.42. The summed E-state index contributed by atoms with van der Waals surface area (Å²) in [6.45, 7) is 8.80. The van der Waals surface area contributed by atoms with E-state index in [1.807, 2.05) is 12.1 Å². The Hall–Kier alpha value is -2.06. The number of benzene rings is 1. The Morgan fingerprint density at radius 1 is 1.14 bits per heavy atom. The van der Waals surface area contributed by atoms with Gasteiger partial charge in [0.2, 0.25) is 10.0 Å². The fourth-order valence-corrected chi connectivity index (χ4v) is 7.04. The molecule has 0 amide bonds. The number of H-pyrrole nitrogens is 1. The second-order valence-electron chi connectivity index (χ2n) is 10.2. The van der Waals surface area contributed by atoms with Crippen LogP contribution in [0.2, 0.25) is 5.02 Å². The van der Waals surface area contributed by atoms with Crippen molar-refractivity contribution in [2.45, 2.75) is 84.5 Å². The van der Waals surface area contributed by atoms with Gasteiger partial charge in [-0.2, -0.15) is 4.63 Å². The minimum absolute atomic E-state index is 0.0340. The van der Waals surface area contributed by atoms with E-state index in [4.69, 9.17) is 11.6 Å². The van der Waals surface area contributed by atoms with Crippen LogP contribution in [0, 0.1) is 11.8 Å². The Morgan fingerprint density at radius 2 is 1.83 bits per heavy atom. The molecule has 0 spiro atoms. The highest BCUT2D eigenvalue weighted by Gasteiger charge is 2.32. The predicted octanol–water partition coefficient (Wildman–Crippen LogP) is 6.80. The fourth-order valence-electron chi connectivity index (χ4n) is 5.44. The first-order valence-corrected chi connectivity index (χ1v) is 15.0. The summed E-state index contributed by atoms with van der Waals surface area (Å²) < 4.78 is 29.9. The molecule has 0 saturated heterocycles. The van der Waals surface area contributed by atoms with E-state index >= 15 is 0 Å². The minimum Gasteiger partial charge on any atom is -0.284 e. The number of hydrogen-bond donors (Lipinski definition) is 2. The minimum atomic E-state index is -3.42. The van der Waals surface area contributed by atoms with Crippen molar-refractivity contribution in [3.63, 3.8) is 0 Å². The maximum Gasteiger partial charge on any atom is 0.232 e. The zero-order chi connectivity index (χ0) is 25.2. The average molecular weight is 520 g/mol. The van der Waals surface area contributed by atoms with Crippen molar-refractivity contribution in [2.75, 3.05) is 10.5 Å². The summed E-state index contributed by atoms with van der Waals surface area (Å²) >= 11 is 6.76. The van der Waals surface area contributed by atoms with Gasteiger partial charge in [0.1, 0.15) is 5.02 Å². The molecular weight excluding hydrogens is 482 g/mol. The SMILES string of the molecule is CCC(CC)(CC)c1[nH]n2nc(-c3cccc(NS(=O)(=O)CCC4CCC(C)CC4)c3)nc2c1Cl. The Labute approximate surface area is 214 Å². The zero-order valence-corrected chi connectivity index (χ0v) is 22.8. The van der Waals surface area contributed by atoms with E-state index in [-0.39, 0.29) is 11.2 Å². The van der Waals surface area contributed by atoms with Crippen molar-refractivity contribution in [3.8, 4) is 11.4 Å². The number of sulfonamides is 1. The zero-order valence-electron chi connectivity index (χ0n) is 21.3. The van der Waals surface area contributed by atoms with Crippen molar-refractivity contribution in [3.05, 3.63) is 35.0 Å². The molecule has 0 aliphatic heterocycles. The number of anilines is 1. The Balaban J connectivity index is 1.50. The van der Waals surface area contributed by atoms with Gasteiger partial charge in [0.25, 0.3) is 0 Å². The second kappa shape index (κ2) is 10.5. The van der Waals surface area contributed by atoms with Crippen LogP contribution in [0.3, 0.4) is 0 Å². The molecule has 2 aromatic heterocycles. The third-order valence-electron chi connectivity index (χ3n) is 8.13. The number of rotatable bonds is 10. The number of fused-ring (bicyclic) bond motifs is 1. The van der Waals surface area contributed by atoms with Gasteiger partial charge < -0.3 is 0 Å². The van der Waals surface area contributed by atoms with Gasteiger partial charge in [0.05, 0.1) is 11.4 Å². The van der Waals surface area contributed by atoms with Gasteiger partial charge in [0, 0.05) is 16.7 Å². The summed E-state index contributed by atoms with van der Waals surface area (Å²) in [6, 6.07) is 7.22. The largest absolute Gasteiger partial charge is 0.284 e. The van der Waals surface area contributed by atoms with E-state index in [2.05, 4.69) is 47.6 Å². The highest BCUT2D eigenvalue weighted by atomic mass is 35.5. The molecular formula is C26H38ClN5O2S. The van der Waals surface area contributed by atoms with Gasteiger partial charge in [-0.25, -0.2) is 13.4 Å². The molecule has 0 bridgehead atoms. The monoisotopic (exact) mass is 519 g/mol. The number of halogens is 1. The third-order valence-corrected chi connectivity index (χ3v) is 9.80. The summed E-state index contributed by atoms with van der Waals surface area (Å²) in [5.41, 5.74) is 2.78. The first-order chi connectivity index (χ1) is 16.7. The number of aromatic amines is 1. The second-order valence-corrected chi connectivity index (χ2v) is 12.4. The van der Waals surface area contributed by atoms with Crippen LogP contribution in [-0.4, -0.2) is 34.0 Å². The van der Waals surface area contributed by atoms with E-state index < -0.39 is 10.0 Å². The van der Waals surface area contributed by atoms with Crippen molar-refractivity contribution in [2.24, 2.45) is 11.8 Å². The van der Waals surface area contributed by atoms with E-state index in [1.54, 1.807) is 16.8 Å². The van der Waals surface area contributed by atoms with E-state index in [0.29, 0.717) is 34.5 Å². The van der Waals surface area contributed by atoms with Crippen LogP contribution in [0.1, 0.15) is 84.8 Å². The first-order valence-electron chi connectivity index (χ1n) is 13.0. The maximum absolute atomic E-state index is 12.7.